The molecule has 19 N–H and O–H groups in total. The van der Waals surface area contributed by atoms with E-state index in [1.54, 1.807) is 4.90 Å². The SMILES string of the molecule is COP(=O)([O-])OC[C@@H]1C[C@@H](C)CN1C(=O)CCCCCCCCCCC(=O)NC(COCCC(=O)NCCCNC(=O)CCCCOC1OC(CO)C(O)C(O)C1NC(C)=O)(COCCC(=O)NCCCNC(=O)CCCCOC1OC(CO)C(O)C(O)C1NC(C)=O)COCCC(=O)NCCCNC(=O)CCCCOC1OC(CO)C(O)C(O)C1NC(C)=O. The Morgan fingerprint density at radius 2 is 0.704 bits per heavy atom. The van der Waals surface area contributed by atoms with Crippen LogP contribution in [0.1, 0.15) is 195 Å². The molecule has 0 aliphatic carbocycles. The minimum atomic E-state index is -4.45. The maximum atomic E-state index is 14.1. The lowest BCUT2D eigenvalue weighted by molar-refractivity contribution is -0.270. The molecular formula is C80H143N11O33P-. The quantitative estimate of drug-likeness (QED) is 0.0202. The van der Waals surface area contributed by atoms with E-state index in [-0.39, 0.29) is 210 Å². The van der Waals surface area contributed by atoms with Gasteiger partial charge in [0.2, 0.25) is 65.0 Å². The zero-order chi connectivity index (χ0) is 92.1. The smallest absolute Gasteiger partial charge is 0.267 e. The van der Waals surface area contributed by atoms with Crippen molar-refractivity contribution in [3.05, 3.63) is 0 Å². The van der Waals surface area contributed by atoms with Crippen molar-refractivity contribution in [2.75, 3.05) is 139 Å². The van der Waals surface area contributed by atoms with Crippen molar-refractivity contribution < 1.29 is 160 Å². The fourth-order valence-electron chi connectivity index (χ4n) is 14.3. The summed E-state index contributed by atoms with van der Waals surface area (Å²) in [5.74, 6) is -3.70. The Kier molecular flexibility index (Phi) is 55.7. The van der Waals surface area contributed by atoms with E-state index in [1.807, 2.05) is 6.92 Å². The number of phosphoric ester groups is 1. The van der Waals surface area contributed by atoms with Crippen LogP contribution in [0.4, 0.5) is 0 Å². The molecule has 125 heavy (non-hydrogen) atoms. The van der Waals surface area contributed by atoms with Gasteiger partial charge in [0, 0.05) is 145 Å². The molecule has 4 heterocycles. The molecule has 4 saturated heterocycles. The number of unbranched alkanes of at least 4 members (excludes halogenated alkanes) is 10. The molecule has 11 amide bonds. The van der Waals surface area contributed by atoms with E-state index in [1.165, 1.54) is 20.8 Å². The number of nitrogens with one attached hydrogen (secondary N) is 10. The third kappa shape index (κ3) is 45.1. The monoisotopic (exact) mass is 1820 g/mol. The topological polar surface area (TPSA) is 635 Å². The van der Waals surface area contributed by atoms with Crippen LogP contribution in [0.2, 0.25) is 0 Å². The Labute approximate surface area is 730 Å². The maximum Gasteiger partial charge on any atom is 0.267 e. The zero-order valence-corrected chi connectivity index (χ0v) is 74.0. The van der Waals surface area contributed by atoms with Gasteiger partial charge < -0.3 is 161 Å². The number of amides is 11. The van der Waals surface area contributed by atoms with Gasteiger partial charge in [0.05, 0.1) is 72.1 Å². The van der Waals surface area contributed by atoms with E-state index < -0.39 is 143 Å². The van der Waals surface area contributed by atoms with Crippen molar-refractivity contribution in [3.8, 4) is 0 Å². The average molecular weight is 1820 g/mol. The van der Waals surface area contributed by atoms with Crippen LogP contribution in [0.25, 0.3) is 0 Å². The van der Waals surface area contributed by atoms with Crippen LogP contribution in [-0.4, -0.2) is 358 Å². The second-order valence-electron chi connectivity index (χ2n) is 32.0. The number of carbonyl (C=O) groups is 11. The molecule has 4 aliphatic heterocycles. The Hall–Kier alpha value is -6.44. The molecule has 4 rings (SSSR count). The summed E-state index contributed by atoms with van der Waals surface area (Å²) in [6.07, 6.45) is -5.16. The first kappa shape index (κ1) is 111. The number of ether oxygens (including phenoxy) is 9. The molecule has 0 aromatic carbocycles. The molecule has 0 aromatic heterocycles. The number of aliphatic hydroxyl groups is 9. The second kappa shape index (κ2) is 62.7. The number of hydrogen-bond acceptors (Lipinski definition) is 33. The van der Waals surface area contributed by atoms with Crippen molar-refractivity contribution in [3.63, 3.8) is 0 Å². The Morgan fingerprint density at radius 3 is 1.02 bits per heavy atom. The summed E-state index contributed by atoms with van der Waals surface area (Å²) in [4.78, 5) is 154. The molecule has 0 radical (unpaired) electrons. The molecule has 0 saturated carbocycles. The van der Waals surface area contributed by atoms with E-state index in [2.05, 4.69) is 57.7 Å². The average Bonchev–Trinajstić information content (AvgIpc) is 1.57. The Balaban J connectivity index is 1.31. The highest BCUT2D eigenvalue weighted by Gasteiger charge is 2.48. The van der Waals surface area contributed by atoms with Gasteiger partial charge in [-0.15, -0.1) is 0 Å². The van der Waals surface area contributed by atoms with Gasteiger partial charge in [-0.25, -0.2) is 0 Å². The molecule has 16 unspecified atom stereocenters. The Bertz CT molecular complexity index is 2980. The molecule has 18 atom stereocenters. The normalized spacial score (nSPS) is 25.2. The molecule has 0 spiro atoms. The summed E-state index contributed by atoms with van der Waals surface area (Å²) in [7, 11) is -3.43. The van der Waals surface area contributed by atoms with Crippen LogP contribution in [0, 0.1) is 5.92 Å². The first-order chi connectivity index (χ1) is 59.8. The molecule has 0 aromatic rings. The third-order valence-electron chi connectivity index (χ3n) is 21.1. The molecule has 4 fully saturated rings. The van der Waals surface area contributed by atoms with Crippen molar-refractivity contribution in [2.45, 2.75) is 298 Å². The predicted molar refractivity (Wildman–Crippen MR) is 441 cm³/mol. The molecule has 4 aliphatic rings. The summed E-state index contributed by atoms with van der Waals surface area (Å²) in [6.45, 7) is 4.45. The van der Waals surface area contributed by atoms with Gasteiger partial charge >= 0.3 is 0 Å². The standard InChI is InChI=1S/C80H144N11O33P/c1-52-43-56(48-121-125(112,113)114-5)91(44-52)67(105)27-13-11-9-7-6-8-10-12-26-66(104)90-80(49-115-40-28-63(101)84-34-20-31-81-60(98)23-14-17-37-118-77-68(87-53(2)95)74(109)71(106)57(45-92)122-77,50-116-41-29-64(102)85-35-21-32-82-61(99)24-15-18-38-119-78-69(88-54(3)96)75(110)72(107)58(46-93)123-78)51-117-42-30-65(103)86-36-22-33-83-62(100)25-16-19-39-120-79-70(89-55(4)97)76(111)73(108)59(47-94)124-79/h52,56-59,68-79,92-94,106-111H,6-51H2,1-5H3,(H,81,98)(H,82,99)(H,83,100)(H,84,101)(H,85,102)(H,86,103)(H,87,95)(H,88,96)(H,89,97)(H,90,104)(H,112,113)/p-1/t52-,56+,57?,58?,59?,68?,69?,70?,71?,72?,73?,74?,75?,76?,77?,78?,79?,80?/m1/s1. The summed E-state index contributed by atoms with van der Waals surface area (Å²) < 4.78 is 73.5. The number of rotatable bonds is 67. The van der Waals surface area contributed by atoms with E-state index in [0.29, 0.717) is 96.4 Å². The Morgan fingerprint density at radius 1 is 0.408 bits per heavy atom. The molecule has 0 bridgehead atoms. The second-order valence-corrected chi connectivity index (χ2v) is 33.5. The van der Waals surface area contributed by atoms with Crippen LogP contribution in [0.15, 0.2) is 0 Å². The number of hydrogen-bond donors (Lipinski definition) is 19. The molecule has 44 nitrogen and oxygen atoms in total. The predicted octanol–water partition coefficient (Wildman–Crippen LogP) is -4.41. The summed E-state index contributed by atoms with van der Waals surface area (Å²) >= 11 is 0. The number of nitrogens with zero attached hydrogens (tertiary/aromatic N) is 1. The van der Waals surface area contributed by atoms with Crippen molar-refractivity contribution in [2.24, 2.45) is 5.92 Å². The zero-order valence-electron chi connectivity index (χ0n) is 73.1. The fraction of sp³-hybridized carbons (Fsp3) is 0.863. The van der Waals surface area contributed by atoms with Crippen molar-refractivity contribution in [1.29, 1.82) is 0 Å². The van der Waals surface area contributed by atoms with Gasteiger partial charge in [0.15, 0.2) is 18.9 Å². The van der Waals surface area contributed by atoms with Gasteiger partial charge in [0.1, 0.15) is 78.6 Å². The van der Waals surface area contributed by atoms with E-state index >= 15 is 0 Å². The highest BCUT2D eigenvalue weighted by molar-refractivity contribution is 7.45. The van der Waals surface area contributed by atoms with Crippen LogP contribution >= 0.6 is 7.82 Å². The maximum absolute atomic E-state index is 14.1. The van der Waals surface area contributed by atoms with Crippen molar-refractivity contribution >= 4 is 72.8 Å². The lowest BCUT2D eigenvalue weighted by Crippen LogP contribution is -2.64. The summed E-state index contributed by atoms with van der Waals surface area (Å²) in [5, 5.41) is 118. The molecule has 45 heteroatoms. The lowest BCUT2D eigenvalue weighted by atomic mass is 9.97. The van der Waals surface area contributed by atoms with Gasteiger partial charge in [-0.1, -0.05) is 45.4 Å². The van der Waals surface area contributed by atoms with E-state index in [4.69, 9.17) is 47.2 Å². The summed E-state index contributed by atoms with van der Waals surface area (Å²) in [6, 6.07) is -3.68. The molecular weight excluding hydrogens is 1670 g/mol. The number of carbonyl (C=O) groups excluding carboxylic acids is 11. The fourth-order valence-corrected chi connectivity index (χ4v) is 14.7. The van der Waals surface area contributed by atoms with Crippen LogP contribution in [0.3, 0.4) is 0 Å². The van der Waals surface area contributed by atoms with Gasteiger partial charge in [-0.3, -0.25) is 57.3 Å². The number of likely N-dealkylation sites (tertiary alicyclic amines) is 1. The van der Waals surface area contributed by atoms with Crippen LogP contribution in [-0.2, 0) is 109 Å². The van der Waals surface area contributed by atoms with Gasteiger partial charge in [0.25, 0.3) is 7.82 Å². The van der Waals surface area contributed by atoms with Crippen LogP contribution < -0.4 is 58.1 Å². The number of phosphoric acid groups is 1. The highest BCUT2D eigenvalue weighted by Crippen LogP contribution is 2.39. The van der Waals surface area contributed by atoms with E-state index in [0.717, 1.165) is 39.2 Å². The lowest BCUT2D eigenvalue weighted by Gasteiger charge is -2.42. The number of aliphatic hydroxyl groups excluding tert-OH is 9. The van der Waals surface area contributed by atoms with Gasteiger partial charge in [-0.05, 0) is 83.0 Å². The van der Waals surface area contributed by atoms with E-state index in [9.17, 15) is 108 Å². The summed E-state index contributed by atoms with van der Waals surface area (Å²) in [5.41, 5.74) is -1.45. The van der Waals surface area contributed by atoms with Gasteiger partial charge in [-0.2, -0.15) is 0 Å². The minimum Gasteiger partial charge on any atom is -0.756 e. The third-order valence-corrected chi connectivity index (χ3v) is 22.0. The first-order valence-electron chi connectivity index (χ1n) is 43.7. The largest absolute Gasteiger partial charge is 0.756 e. The first-order valence-corrected chi connectivity index (χ1v) is 45.2. The highest BCUT2D eigenvalue weighted by atomic mass is 31.2. The minimum absolute atomic E-state index is 0.0566. The van der Waals surface area contributed by atoms with Crippen molar-refractivity contribution in [1.82, 2.24) is 58.1 Å². The van der Waals surface area contributed by atoms with Crippen LogP contribution in [0.5, 0.6) is 0 Å². The molecule has 722 valence electrons.